The first kappa shape index (κ1) is 13.7. The van der Waals surface area contributed by atoms with Crippen LogP contribution in [0.1, 0.15) is 18.4 Å². The maximum Gasteiger partial charge on any atom is 0.227 e. The van der Waals surface area contributed by atoms with E-state index in [0.717, 1.165) is 30.8 Å². The van der Waals surface area contributed by atoms with Crippen molar-refractivity contribution in [2.75, 3.05) is 17.2 Å². The zero-order chi connectivity index (χ0) is 13.8. The van der Waals surface area contributed by atoms with Crippen LogP contribution in [-0.2, 0) is 11.2 Å². The molecule has 0 atom stereocenters. The summed E-state index contributed by atoms with van der Waals surface area (Å²) in [6.45, 7) is 0.840. The van der Waals surface area contributed by atoms with Crippen LogP contribution in [0.4, 0.5) is 5.69 Å². The van der Waals surface area contributed by atoms with E-state index in [1.165, 1.54) is 10.5 Å². The van der Waals surface area contributed by atoms with Gasteiger partial charge in [-0.05, 0) is 53.1 Å². The average molecular weight is 303 g/mol. The Labute approximate surface area is 127 Å². The number of para-hydroxylation sites is 1. The number of carbonyl (C=O) groups is 1. The molecular formula is C16H17NOS2. The van der Waals surface area contributed by atoms with Gasteiger partial charge >= 0.3 is 0 Å². The molecule has 20 heavy (non-hydrogen) atoms. The van der Waals surface area contributed by atoms with Crippen LogP contribution in [0.25, 0.3) is 0 Å². The first-order chi connectivity index (χ1) is 9.84. The number of thiophene rings is 1. The van der Waals surface area contributed by atoms with Crippen molar-refractivity contribution < 1.29 is 4.79 Å². The molecule has 2 nitrogen and oxygen atoms in total. The lowest BCUT2D eigenvalue weighted by atomic mass is 10.1. The van der Waals surface area contributed by atoms with Gasteiger partial charge in [0.1, 0.15) is 0 Å². The van der Waals surface area contributed by atoms with E-state index in [4.69, 9.17) is 0 Å². The number of carbonyl (C=O) groups excluding carboxylic acids is 1. The van der Waals surface area contributed by atoms with E-state index in [1.54, 1.807) is 11.3 Å². The van der Waals surface area contributed by atoms with Crippen molar-refractivity contribution in [3.63, 3.8) is 0 Å². The summed E-state index contributed by atoms with van der Waals surface area (Å²) < 4.78 is 0. The van der Waals surface area contributed by atoms with Gasteiger partial charge in [-0.25, -0.2) is 0 Å². The van der Waals surface area contributed by atoms with Crippen molar-refractivity contribution in [1.82, 2.24) is 0 Å². The molecule has 0 saturated carbocycles. The number of fused-ring (bicyclic) bond motifs is 1. The van der Waals surface area contributed by atoms with Crippen LogP contribution in [0.5, 0.6) is 0 Å². The van der Waals surface area contributed by atoms with E-state index in [-0.39, 0.29) is 5.91 Å². The molecule has 0 fully saturated rings. The van der Waals surface area contributed by atoms with Gasteiger partial charge < -0.3 is 4.90 Å². The molecule has 1 aliphatic heterocycles. The number of rotatable bonds is 3. The third kappa shape index (κ3) is 3.07. The number of amides is 1. The van der Waals surface area contributed by atoms with Gasteiger partial charge in [0, 0.05) is 17.9 Å². The highest BCUT2D eigenvalue weighted by atomic mass is 32.2. The number of hydrogen-bond acceptors (Lipinski definition) is 3. The number of benzene rings is 1. The van der Waals surface area contributed by atoms with Crippen LogP contribution in [0.15, 0.2) is 46.0 Å². The highest BCUT2D eigenvalue weighted by molar-refractivity contribution is 7.99. The summed E-state index contributed by atoms with van der Waals surface area (Å²) in [4.78, 5) is 15.7. The lowest BCUT2D eigenvalue weighted by Gasteiger charge is -2.22. The highest BCUT2D eigenvalue weighted by Gasteiger charge is 2.20. The van der Waals surface area contributed by atoms with E-state index in [9.17, 15) is 4.79 Å². The van der Waals surface area contributed by atoms with E-state index < -0.39 is 0 Å². The summed E-state index contributed by atoms with van der Waals surface area (Å²) in [6.07, 6.45) is 2.49. The van der Waals surface area contributed by atoms with Gasteiger partial charge in [-0.15, -0.1) is 11.8 Å². The minimum atomic E-state index is 0.242. The number of hydrogen-bond donors (Lipinski definition) is 0. The standard InChI is InChI=1S/C16H17NOS2/c18-16(7-6-13-8-11-19-12-13)17-9-3-10-20-15-5-2-1-4-14(15)17/h1-2,4-5,8,11-12H,3,6-7,9-10H2. The topological polar surface area (TPSA) is 20.3 Å². The van der Waals surface area contributed by atoms with E-state index in [1.807, 2.05) is 28.8 Å². The Morgan fingerprint density at radius 2 is 2.15 bits per heavy atom. The fourth-order valence-corrected chi connectivity index (χ4v) is 4.11. The molecule has 1 aromatic carbocycles. The van der Waals surface area contributed by atoms with Crippen molar-refractivity contribution >= 4 is 34.7 Å². The molecule has 3 rings (SSSR count). The van der Waals surface area contributed by atoms with Crippen molar-refractivity contribution in [3.05, 3.63) is 46.7 Å². The maximum atomic E-state index is 12.5. The number of thioether (sulfide) groups is 1. The Hall–Kier alpha value is -1.26. The minimum Gasteiger partial charge on any atom is -0.311 e. The third-order valence-electron chi connectivity index (χ3n) is 3.45. The summed E-state index contributed by atoms with van der Waals surface area (Å²) >= 11 is 3.54. The highest BCUT2D eigenvalue weighted by Crippen LogP contribution is 2.33. The fraction of sp³-hybridized carbons (Fsp3) is 0.312. The van der Waals surface area contributed by atoms with Crippen molar-refractivity contribution in [1.29, 1.82) is 0 Å². The minimum absolute atomic E-state index is 0.242. The Kier molecular flexibility index (Phi) is 4.43. The second kappa shape index (κ2) is 6.46. The molecule has 104 valence electrons. The largest absolute Gasteiger partial charge is 0.311 e. The Morgan fingerprint density at radius 3 is 3.00 bits per heavy atom. The molecule has 2 aromatic rings. The molecule has 0 spiro atoms. The van der Waals surface area contributed by atoms with E-state index >= 15 is 0 Å². The molecule has 0 bridgehead atoms. The molecule has 2 heterocycles. The number of nitrogens with zero attached hydrogens (tertiary/aromatic N) is 1. The second-order valence-electron chi connectivity index (χ2n) is 4.85. The molecule has 0 N–H and O–H groups in total. The zero-order valence-corrected chi connectivity index (χ0v) is 12.9. The molecule has 0 unspecified atom stereocenters. The molecule has 0 radical (unpaired) electrons. The summed E-state index contributed by atoms with van der Waals surface area (Å²) in [6, 6.07) is 10.3. The predicted molar refractivity (Wildman–Crippen MR) is 86.8 cm³/mol. The monoisotopic (exact) mass is 303 g/mol. The van der Waals surface area contributed by atoms with Gasteiger partial charge in [0.15, 0.2) is 0 Å². The maximum absolute atomic E-state index is 12.5. The molecule has 0 saturated heterocycles. The molecule has 1 amide bonds. The summed E-state index contributed by atoms with van der Waals surface area (Å²) in [5, 5.41) is 4.19. The van der Waals surface area contributed by atoms with Gasteiger partial charge in [0.05, 0.1) is 5.69 Å². The summed E-state index contributed by atoms with van der Waals surface area (Å²) in [7, 11) is 0. The van der Waals surface area contributed by atoms with Crippen LogP contribution < -0.4 is 4.90 Å². The third-order valence-corrected chi connectivity index (χ3v) is 5.33. The van der Waals surface area contributed by atoms with Crippen molar-refractivity contribution in [3.8, 4) is 0 Å². The van der Waals surface area contributed by atoms with Gasteiger partial charge in [-0.2, -0.15) is 11.3 Å². The number of aryl methyl sites for hydroxylation is 1. The van der Waals surface area contributed by atoms with E-state index in [2.05, 4.69) is 29.0 Å². The molecular weight excluding hydrogens is 286 g/mol. The fourth-order valence-electron chi connectivity index (χ4n) is 2.41. The van der Waals surface area contributed by atoms with Crippen LogP contribution in [0.2, 0.25) is 0 Å². The van der Waals surface area contributed by atoms with Crippen molar-refractivity contribution in [2.24, 2.45) is 0 Å². The Morgan fingerprint density at radius 1 is 1.25 bits per heavy atom. The van der Waals surface area contributed by atoms with Crippen molar-refractivity contribution in [2.45, 2.75) is 24.2 Å². The second-order valence-corrected chi connectivity index (χ2v) is 6.76. The molecule has 1 aliphatic rings. The normalized spacial score (nSPS) is 14.7. The zero-order valence-electron chi connectivity index (χ0n) is 11.2. The van der Waals surface area contributed by atoms with E-state index in [0.29, 0.717) is 6.42 Å². The van der Waals surface area contributed by atoms with Crippen LogP contribution in [0.3, 0.4) is 0 Å². The quantitative estimate of drug-likeness (QED) is 0.846. The van der Waals surface area contributed by atoms with Crippen LogP contribution in [-0.4, -0.2) is 18.2 Å². The Balaban J connectivity index is 1.73. The van der Waals surface area contributed by atoms with Gasteiger partial charge in [-0.3, -0.25) is 4.79 Å². The molecule has 1 aromatic heterocycles. The Bertz CT molecular complexity index is 580. The molecule has 4 heteroatoms. The lowest BCUT2D eigenvalue weighted by molar-refractivity contribution is -0.118. The SMILES string of the molecule is O=C(CCc1ccsc1)N1CCCSc2ccccc21. The average Bonchev–Trinajstić information content (AvgIpc) is 2.90. The van der Waals surface area contributed by atoms with Gasteiger partial charge in [0.2, 0.25) is 5.91 Å². The number of anilines is 1. The first-order valence-corrected chi connectivity index (χ1v) is 8.81. The van der Waals surface area contributed by atoms with Crippen LogP contribution >= 0.6 is 23.1 Å². The lowest BCUT2D eigenvalue weighted by Crippen LogP contribution is -2.31. The molecule has 0 aliphatic carbocycles. The van der Waals surface area contributed by atoms with Gasteiger partial charge in [-0.1, -0.05) is 12.1 Å². The predicted octanol–water partition coefficient (Wildman–Crippen LogP) is 4.21. The summed E-state index contributed by atoms with van der Waals surface area (Å²) in [5.74, 6) is 1.33. The van der Waals surface area contributed by atoms with Gasteiger partial charge in [0.25, 0.3) is 0 Å². The smallest absolute Gasteiger partial charge is 0.227 e. The van der Waals surface area contributed by atoms with Crippen LogP contribution in [0, 0.1) is 0 Å². The first-order valence-electron chi connectivity index (χ1n) is 6.88. The summed E-state index contributed by atoms with van der Waals surface area (Å²) in [5.41, 5.74) is 2.35.